The van der Waals surface area contributed by atoms with Gasteiger partial charge in [-0.15, -0.1) is 11.3 Å². The summed E-state index contributed by atoms with van der Waals surface area (Å²) in [4.78, 5) is 25.0. The minimum atomic E-state index is -0.466. The van der Waals surface area contributed by atoms with Crippen LogP contribution in [0.2, 0.25) is 5.02 Å². The highest BCUT2D eigenvalue weighted by Gasteiger charge is 2.16. The number of hydrogen-bond donors (Lipinski definition) is 2. The van der Waals surface area contributed by atoms with E-state index < -0.39 is 5.91 Å². The van der Waals surface area contributed by atoms with Crippen molar-refractivity contribution in [2.24, 2.45) is 0 Å². The smallest absolute Gasteiger partial charge is 0.267 e. The van der Waals surface area contributed by atoms with Crippen LogP contribution in [0.5, 0.6) is 0 Å². The van der Waals surface area contributed by atoms with Crippen LogP contribution in [0.4, 0.5) is 0 Å². The maximum atomic E-state index is 12.4. The first-order chi connectivity index (χ1) is 11.7. The van der Waals surface area contributed by atoms with E-state index in [4.69, 9.17) is 11.6 Å². The van der Waals surface area contributed by atoms with Gasteiger partial charge in [0.1, 0.15) is 4.88 Å². The van der Waals surface area contributed by atoms with Gasteiger partial charge in [-0.05, 0) is 29.1 Å². The van der Waals surface area contributed by atoms with Gasteiger partial charge in [0.2, 0.25) is 0 Å². The quantitative estimate of drug-likeness (QED) is 0.693. The molecule has 0 bridgehead atoms. The van der Waals surface area contributed by atoms with E-state index in [-0.39, 0.29) is 5.91 Å². The Hall–Kier alpha value is -2.63. The Kier molecular flexibility index (Phi) is 4.93. The van der Waals surface area contributed by atoms with E-state index in [1.165, 1.54) is 11.3 Å². The molecular weight excluding hydrogens is 344 g/mol. The van der Waals surface area contributed by atoms with Gasteiger partial charge in [0, 0.05) is 5.56 Å². The van der Waals surface area contributed by atoms with Crippen LogP contribution in [0.15, 0.2) is 66.0 Å². The largest absolute Gasteiger partial charge is 0.280 e. The van der Waals surface area contributed by atoms with Crippen LogP contribution in [-0.2, 0) is 0 Å². The molecule has 6 heteroatoms. The van der Waals surface area contributed by atoms with E-state index in [9.17, 15) is 9.59 Å². The molecule has 24 heavy (non-hydrogen) atoms. The van der Waals surface area contributed by atoms with Gasteiger partial charge in [0.25, 0.3) is 11.8 Å². The molecule has 0 aliphatic carbocycles. The zero-order chi connectivity index (χ0) is 16.9. The van der Waals surface area contributed by atoms with Crippen LogP contribution in [0, 0.1) is 0 Å². The van der Waals surface area contributed by atoms with Crippen molar-refractivity contribution in [3.63, 3.8) is 0 Å². The number of benzene rings is 2. The first kappa shape index (κ1) is 16.2. The normalized spacial score (nSPS) is 10.2. The predicted octanol–water partition coefficient (Wildman–Crippen LogP) is 4.14. The van der Waals surface area contributed by atoms with Crippen LogP contribution in [0.1, 0.15) is 20.0 Å². The van der Waals surface area contributed by atoms with E-state index in [0.717, 1.165) is 11.1 Å². The highest BCUT2D eigenvalue weighted by molar-refractivity contribution is 7.12. The molecule has 1 heterocycles. The zero-order valence-corrected chi connectivity index (χ0v) is 14.0. The van der Waals surface area contributed by atoms with Crippen molar-refractivity contribution < 1.29 is 9.59 Å². The second-order valence-electron chi connectivity index (χ2n) is 4.92. The molecule has 3 rings (SSSR count). The fourth-order valence-electron chi connectivity index (χ4n) is 2.21. The summed E-state index contributed by atoms with van der Waals surface area (Å²) in [5.41, 5.74) is 6.89. The van der Waals surface area contributed by atoms with E-state index in [1.54, 1.807) is 24.3 Å². The number of hydrogen-bond acceptors (Lipinski definition) is 3. The highest BCUT2D eigenvalue weighted by Crippen LogP contribution is 2.27. The molecule has 0 spiro atoms. The number of rotatable bonds is 3. The molecular formula is C18H13ClN2O2S. The molecule has 0 unspecified atom stereocenters. The second kappa shape index (κ2) is 7.29. The molecule has 0 saturated carbocycles. The molecule has 2 aromatic carbocycles. The van der Waals surface area contributed by atoms with E-state index >= 15 is 0 Å². The number of amides is 2. The lowest BCUT2D eigenvalue weighted by atomic mass is 10.1. The monoisotopic (exact) mass is 356 g/mol. The molecule has 4 nitrogen and oxygen atoms in total. The lowest BCUT2D eigenvalue weighted by molar-refractivity contribution is 0.0849. The molecule has 2 amide bonds. The minimum Gasteiger partial charge on any atom is -0.267 e. The van der Waals surface area contributed by atoms with Crippen molar-refractivity contribution in [2.45, 2.75) is 0 Å². The summed E-state index contributed by atoms with van der Waals surface area (Å²) in [6.07, 6.45) is 0. The lowest BCUT2D eigenvalue weighted by Crippen LogP contribution is -2.41. The van der Waals surface area contributed by atoms with Gasteiger partial charge in [-0.1, -0.05) is 54.1 Å². The molecule has 3 aromatic rings. The average molecular weight is 357 g/mol. The van der Waals surface area contributed by atoms with E-state index in [2.05, 4.69) is 10.9 Å². The fraction of sp³-hybridized carbons (Fsp3) is 0. The van der Waals surface area contributed by atoms with Gasteiger partial charge < -0.3 is 0 Å². The van der Waals surface area contributed by atoms with Crippen molar-refractivity contribution >= 4 is 34.8 Å². The lowest BCUT2D eigenvalue weighted by Gasteiger charge is -2.09. The molecule has 0 saturated heterocycles. The first-order valence-corrected chi connectivity index (χ1v) is 8.40. The molecule has 120 valence electrons. The summed E-state index contributed by atoms with van der Waals surface area (Å²) in [5, 5.41) is 2.16. The van der Waals surface area contributed by atoms with Gasteiger partial charge in [0.15, 0.2) is 0 Å². The zero-order valence-electron chi connectivity index (χ0n) is 12.5. The number of nitrogens with one attached hydrogen (secondary N) is 2. The van der Waals surface area contributed by atoms with Gasteiger partial charge in [-0.2, -0.15) is 0 Å². The van der Waals surface area contributed by atoms with E-state index in [0.29, 0.717) is 15.5 Å². The van der Waals surface area contributed by atoms with Gasteiger partial charge in [-0.3, -0.25) is 20.4 Å². The van der Waals surface area contributed by atoms with Crippen molar-refractivity contribution in [1.82, 2.24) is 10.9 Å². The van der Waals surface area contributed by atoms with Crippen molar-refractivity contribution in [3.8, 4) is 11.1 Å². The standard InChI is InChI=1S/C18H13ClN2O2S/c19-15-9-5-4-8-14(15)17(22)20-21-18(23)16-13(10-11-24-16)12-6-2-1-3-7-12/h1-11H,(H,20,22)(H,21,23). The third-order valence-corrected chi connectivity index (χ3v) is 4.61. The molecule has 0 fully saturated rings. The van der Waals surface area contributed by atoms with Crippen LogP contribution >= 0.6 is 22.9 Å². The SMILES string of the molecule is O=C(NNC(=O)c1sccc1-c1ccccc1)c1ccccc1Cl. The van der Waals surface area contributed by atoms with Crippen LogP contribution in [0.3, 0.4) is 0 Å². The Labute approximate surface area is 148 Å². The summed E-state index contributed by atoms with van der Waals surface area (Å²) in [5.74, 6) is -0.837. The molecule has 0 atom stereocenters. The predicted molar refractivity (Wildman–Crippen MR) is 96.1 cm³/mol. The molecule has 2 N–H and O–H groups in total. The van der Waals surface area contributed by atoms with Crippen LogP contribution < -0.4 is 10.9 Å². The van der Waals surface area contributed by atoms with Crippen LogP contribution in [0.25, 0.3) is 11.1 Å². The minimum absolute atomic E-state index is 0.300. The van der Waals surface area contributed by atoms with Gasteiger partial charge >= 0.3 is 0 Å². The molecule has 0 radical (unpaired) electrons. The number of halogens is 1. The molecule has 0 aliphatic heterocycles. The third kappa shape index (κ3) is 3.48. The summed E-state index contributed by atoms with van der Waals surface area (Å²) in [6.45, 7) is 0. The van der Waals surface area contributed by atoms with Crippen LogP contribution in [-0.4, -0.2) is 11.8 Å². The van der Waals surface area contributed by atoms with Crippen molar-refractivity contribution in [3.05, 3.63) is 81.5 Å². The molecule has 1 aromatic heterocycles. The van der Waals surface area contributed by atoms with Crippen molar-refractivity contribution in [2.75, 3.05) is 0 Å². The van der Waals surface area contributed by atoms with Crippen molar-refractivity contribution in [1.29, 1.82) is 0 Å². The highest BCUT2D eigenvalue weighted by atomic mass is 35.5. The maximum Gasteiger partial charge on any atom is 0.280 e. The number of hydrazine groups is 1. The Balaban J connectivity index is 1.72. The third-order valence-electron chi connectivity index (χ3n) is 3.36. The fourth-order valence-corrected chi connectivity index (χ4v) is 3.25. The Morgan fingerprint density at radius 1 is 0.833 bits per heavy atom. The summed E-state index contributed by atoms with van der Waals surface area (Å²) < 4.78 is 0. The maximum absolute atomic E-state index is 12.4. The number of carbonyl (C=O) groups excluding carboxylic acids is 2. The number of carbonyl (C=O) groups is 2. The summed E-state index contributed by atoms with van der Waals surface area (Å²) in [7, 11) is 0. The molecule has 0 aliphatic rings. The Morgan fingerprint density at radius 3 is 2.25 bits per heavy atom. The topological polar surface area (TPSA) is 58.2 Å². The Morgan fingerprint density at radius 2 is 1.50 bits per heavy atom. The summed E-state index contributed by atoms with van der Waals surface area (Å²) >= 11 is 7.28. The number of thiophene rings is 1. The first-order valence-electron chi connectivity index (χ1n) is 7.15. The van der Waals surface area contributed by atoms with Gasteiger partial charge in [-0.25, -0.2) is 0 Å². The van der Waals surface area contributed by atoms with Gasteiger partial charge in [0.05, 0.1) is 10.6 Å². The second-order valence-corrected chi connectivity index (χ2v) is 6.24. The average Bonchev–Trinajstić information content (AvgIpc) is 3.10. The summed E-state index contributed by atoms with van der Waals surface area (Å²) in [6, 6.07) is 18.1. The van der Waals surface area contributed by atoms with E-state index in [1.807, 2.05) is 41.8 Å². The Bertz CT molecular complexity index is 877.